The zero-order valence-corrected chi connectivity index (χ0v) is 18.3. The van der Waals surface area contributed by atoms with Crippen LogP contribution in [0.15, 0.2) is 23.0 Å². The largest absolute Gasteiger partial charge is 0.458 e. The van der Waals surface area contributed by atoms with E-state index in [1.54, 1.807) is 17.6 Å². The maximum atomic E-state index is 14.6. The molecule has 30 heavy (non-hydrogen) atoms. The molecular weight excluding hydrogens is 502 g/mol. The molecule has 2 aliphatic rings. The second-order valence-electron chi connectivity index (χ2n) is 7.68. The van der Waals surface area contributed by atoms with E-state index in [2.05, 4.69) is 22.6 Å². The summed E-state index contributed by atoms with van der Waals surface area (Å²) in [6, 6.07) is 5.06. The molecule has 1 N–H and O–H groups in total. The van der Waals surface area contributed by atoms with Gasteiger partial charge in [0.1, 0.15) is 12.4 Å². The summed E-state index contributed by atoms with van der Waals surface area (Å²) in [7, 11) is 0. The van der Waals surface area contributed by atoms with Crippen molar-refractivity contribution in [1.29, 1.82) is 0 Å². The summed E-state index contributed by atoms with van der Waals surface area (Å²) in [5.74, 6) is -1.06. The van der Waals surface area contributed by atoms with E-state index >= 15 is 0 Å². The number of rotatable bonds is 3. The van der Waals surface area contributed by atoms with Gasteiger partial charge in [-0.25, -0.2) is 14.2 Å². The second kappa shape index (κ2) is 7.12. The fourth-order valence-electron chi connectivity index (χ4n) is 4.37. The summed E-state index contributed by atoms with van der Waals surface area (Å²) in [4.78, 5) is 29.5. The molecule has 4 heterocycles. The molecule has 0 aliphatic carbocycles. The molecule has 1 atom stereocenters. The van der Waals surface area contributed by atoms with Gasteiger partial charge >= 0.3 is 5.97 Å². The molecule has 0 unspecified atom stereocenters. The van der Waals surface area contributed by atoms with Crippen LogP contribution in [0.2, 0.25) is 0 Å². The minimum absolute atomic E-state index is 0.152. The van der Waals surface area contributed by atoms with Crippen LogP contribution in [0, 0.1) is 12.7 Å². The van der Waals surface area contributed by atoms with Crippen molar-refractivity contribution >= 4 is 39.5 Å². The van der Waals surface area contributed by atoms with Crippen LogP contribution in [0.1, 0.15) is 40.3 Å². The molecule has 2 aliphatic heterocycles. The molecule has 0 saturated carbocycles. The third-order valence-corrected chi connectivity index (χ3v) is 6.74. The zero-order chi connectivity index (χ0) is 21.2. The first kappa shape index (κ1) is 19.6. The predicted octanol–water partition coefficient (Wildman–Crippen LogP) is 3.33. The Bertz CT molecular complexity index is 1300. The topological polar surface area (TPSA) is 81.4 Å². The number of carbonyl (C=O) groups is 1. The number of hydrogen-bond donors (Lipinski definition) is 1. The lowest BCUT2D eigenvalue weighted by atomic mass is 9.96. The molecule has 1 aromatic carbocycles. The Morgan fingerprint density at radius 3 is 2.90 bits per heavy atom. The SMILES string of the molecule is Cc1c(F)cc2nc3c(cc2c1CCCI)Cn1c-3cc2c(c1=O)COC(=O)[C@H]2O. The number of fused-ring (bicyclic) bond motifs is 5. The van der Waals surface area contributed by atoms with Gasteiger partial charge in [0.15, 0.2) is 6.10 Å². The van der Waals surface area contributed by atoms with E-state index in [-0.39, 0.29) is 29.1 Å². The molecule has 5 rings (SSSR count). The van der Waals surface area contributed by atoms with Gasteiger partial charge in [-0.05, 0) is 47.5 Å². The summed E-state index contributed by atoms with van der Waals surface area (Å²) in [6.45, 7) is 1.98. The normalized spacial score (nSPS) is 16.9. The number of carbonyl (C=O) groups excluding carboxylic acids is 1. The highest BCUT2D eigenvalue weighted by atomic mass is 127. The number of aromatic nitrogens is 2. The number of hydrogen-bond acceptors (Lipinski definition) is 5. The first-order valence-electron chi connectivity index (χ1n) is 9.70. The van der Waals surface area contributed by atoms with E-state index in [0.717, 1.165) is 33.8 Å². The van der Waals surface area contributed by atoms with Gasteiger partial charge in [0.25, 0.3) is 5.56 Å². The fourth-order valence-corrected chi connectivity index (χ4v) is 4.75. The number of alkyl halides is 1. The maximum absolute atomic E-state index is 14.6. The highest BCUT2D eigenvalue weighted by Crippen LogP contribution is 2.36. The van der Waals surface area contributed by atoms with Gasteiger partial charge in [-0.2, -0.15) is 0 Å². The van der Waals surface area contributed by atoms with Crippen molar-refractivity contribution in [2.45, 2.75) is 39.0 Å². The number of halogens is 2. The molecule has 0 amide bonds. The van der Waals surface area contributed by atoms with Crippen molar-refractivity contribution in [2.24, 2.45) is 0 Å². The molecule has 3 aromatic rings. The molecule has 6 nitrogen and oxygen atoms in total. The molecule has 0 radical (unpaired) electrons. The van der Waals surface area contributed by atoms with Crippen molar-refractivity contribution in [3.63, 3.8) is 0 Å². The zero-order valence-electron chi connectivity index (χ0n) is 16.2. The number of nitrogens with zero attached hydrogens (tertiary/aromatic N) is 2. The Hall–Kier alpha value is -2.33. The number of esters is 1. The minimum Gasteiger partial charge on any atom is -0.458 e. The molecule has 8 heteroatoms. The average molecular weight is 520 g/mol. The predicted molar refractivity (Wildman–Crippen MR) is 117 cm³/mol. The molecular formula is C22H18FIN2O4. The molecule has 154 valence electrons. The van der Waals surface area contributed by atoms with Crippen LogP contribution in [0.3, 0.4) is 0 Å². The van der Waals surface area contributed by atoms with E-state index in [1.165, 1.54) is 6.07 Å². The van der Waals surface area contributed by atoms with Crippen LogP contribution >= 0.6 is 22.6 Å². The Morgan fingerprint density at radius 2 is 2.13 bits per heavy atom. The summed E-state index contributed by atoms with van der Waals surface area (Å²) in [5.41, 5.74) is 4.34. The van der Waals surface area contributed by atoms with E-state index in [0.29, 0.717) is 29.0 Å². The Kier molecular flexibility index (Phi) is 4.66. The molecule has 0 bridgehead atoms. The lowest BCUT2D eigenvalue weighted by Crippen LogP contribution is -2.32. The number of pyridine rings is 2. The van der Waals surface area contributed by atoms with Crippen molar-refractivity contribution in [3.8, 4) is 11.4 Å². The van der Waals surface area contributed by atoms with Gasteiger partial charge < -0.3 is 14.4 Å². The van der Waals surface area contributed by atoms with Crippen LogP contribution in [-0.2, 0) is 29.1 Å². The van der Waals surface area contributed by atoms with Crippen molar-refractivity contribution < 1.29 is 19.0 Å². The maximum Gasteiger partial charge on any atom is 0.340 e. The average Bonchev–Trinajstić information content (AvgIpc) is 3.08. The van der Waals surface area contributed by atoms with Crippen molar-refractivity contribution in [3.05, 3.63) is 62.2 Å². The summed E-state index contributed by atoms with van der Waals surface area (Å²) in [5, 5.41) is 11.1. The number of ether oxygens (including phenoxy) is 1. The van der Waals surface area contributed by atoms with Gasteiger partial charge in [0, 0.05) is 22.6 Å². The molecule has 0 fully saturated rings. The molecule has 0 spiro atoms. The summed E-state index contributed by atoms with van der Waals surface area (Å²) < 4.78 is 22.1. The van der Waals surface area contributed by atoms with Crippen LogP contribution < -0.4 is 5.56 Å². The summed E-state index contributed by atoms with van der Waals surface area (Å²) in [6.07, 6.45) is 0.211. The van der Waals surface area contributed by atoms with Crippen LogP contribution in [-0.4, -0.2) is 25.1 Å². The number of aliphatic hydroxyl groups excluding tert-OH is 1. The number of aryl methyl sites for hydroxylation is 1. The number of benzene rings is 1. The Balaban J connectivity index is 1.73. The second-order valence-corrected chi connectivity index (χ2v) is 8.76. The van der Waals surface area contributed by atoms with Crippen LogP contribution in [0.25, 0.3) is 22.3 Å². The number of cyclic esters (lactones) is 1. The Labute approximate surface area is 184 Å². The first-order valence-corrected chi connectivity index (χ1v) is 11.2. The van der Waals surface area contributed by atoms with Crippen LogP contribution in [0.4, 0.5) is 4.39 Å². The quantitative estimate of drug-likeness (QED) is 0.255. The fraction of sp³-hybridized carbons (Fsp3) is 0.318. The lowest BCUT2D eigenvalue weighted by Gasteiger charge is -2.21. The standard InChI is InChI=1S/C22H18FIN2O4/c1-10-12(3-2-4-24)13-5-11-8-26-18(19(11)25-17(13)7-16(10)23)6-14-15(21(26)28)9-30-22(29)20(14)27/h5-7,20,27H,2-4,8-9H2,1H3/t20-/m0/s1. The third kappa shape index (κ3) is 2.80. The van der Waals surface area contributed by atoms with E-state index in [4.69, 9.17) is 9.72 Å². The monoisotopic (exact) mass is 520 g/mol. The van der Waals surface area contributed by atoms with Gasteiger partial charge in [-0.1, -0.05) is 22.6 Å². The van der Waals surface area contributed by atoms with Gasteiger partial charge in [0.2, 0.25) is 0 Å². The first-order chi connectivity index (χ1) is 14.4. The van der Waals surface area contributed by atoms with Crippen molar-refractivity contribution in [1.82, 2.24) is 9.55 Å². The summed E-state index contributed by atoms with van der Waals surface area (Å²) >= 11 is 2.31. The highest BCUT2D eigenvalue weighted by Gasteiger charge is 2.33. The van der Waals surface area contributed by atoms with E-state index in [9.17, 15) is 19.1 Å². The third-order valence-electron chi connectivity index (χ3n) is 5.97. The smallest absolute Gasteiger partial charge is 0.340 e. The highest BCUT2D eigenvalue weighted by molar-refractivity contribution is 14.1. The minimum atomic E-state index is -1.49. The molecule has 0 saturated heterocycles. The van der Waals surface area contributed by atoms with E-state index < -0.39 is 12.1 Å². The van der Waals surface area contributed by atoms with Crippen molar-refractivity contribution in [2.75, 3.05) is 4.43 Å². The van der Waals surface area contributed by atoms with E-state index in [1.807, 2.05) is 6.07 Å². The van der Waals surface area contributed by atoms with Gasteiger partial charge in [0.05, 0.1) is 29.0 Å². The van der Waals surface area contributed by atoms with Crippen LogP contribution in [0.5, 0.6) is 0 Å². The number of aliphatic hydroxyl groups is 1. The lowest BCUT2D eigenvalue weighted by molar-refractivity contribution is -0.157. The molecule has 2 aromatic heterocycles. The Morgan fingerprint density at radius 1 is 1.33 bits per heavy atom. The van der Waals surface area contributed by atoms with Gasteiger partial charge in [-0.3, -0.25) is 4.79 Å². The van der Waals surface area contributed by atoms with Gasteiger partial charge in [-0.15, -0.1) is 0 Å².